The molecule has 2 rings (SSSR count). The van der Waals surface area contributed by atoms with Crippen LogP contribution in [0.4, 0.5) is 15.8 Å². The van der Waals surface area contributed by atoms with Gasteiger partial charge in [0.2, 0.25) is 0 Å². The van der Waals surface area contributed by atoms with Gasteiger partial charge in [-0.3, -0.25) is 0 Å². The summed E-state index contributed by atoms with van der Waals surface area (Å²) < 4.78 is 19.0. The molecule has 0 bridgehead atoms. The average molecular weight is 339 g/mol. The molecule has 22 heavy (non-hydrogen) atoms. The molecule has 116 valence electrons. The van der Waals surface area contributed by atoms with E-state index in [1.54, 1.807) is 25.3 Å². The van der Waals surface area contributed by atoms with Gasteiger partial charge < -0.3 is 15.4 Å². The lowest BCUT2D eigenvalue weighted by molar-refractivity contribution is 0.417. The van der Waals surface area contributed by atoms with E-state index < -0.39 is 0 Å². The SMILES string of the molecule is COc1cc(Cl)c(C)cc1NC(=S)Nc1cc(C)ccc1F. The van der Waals surface area contributed by atoms with E-state index in [4.69, 9.17) is 28.6 Å². The van der Waals surface area contributed by atoms with E-state index in [-0.39, 0.29) is 10.9 Å². The van der Waals surface area contributed by atoms with E-state index in [1.165, 1.54) is 6.07 Å². The Kier molecular flexibility index (Phi) is 5.21. The van der Waals surface area contributed by atoms with Crippen molar-refractivity contribution in [3.05, 3.63) is 52.3 Å². The minimum Gasteiger partial charge on any atom is -0.495 e. The molecule has 6 heteroatoms. The zero-order valence-electron chi connectivity index (χ0n) is 12.5. The second-order valence-corrected chi connectivity index (χ2v) is 5.68. The summed E-state index contributed by atoms with van der Waals surface area (Å²) in [5, 5.41) is 6.71. The number of methoxy groups -OCH3 is 1. The molecule has 3 nitrogen and oxygen atoms in total. The van der Waals surface area contributed by atoms with Crippen molar-refractivity contribution in [1.29, 1.82) is 0 Å². The minimum atomic E-state index is -0.367. The first-order chi connectivity index (χ1) is 10.4. The Morgan fingerprint density at radius 3 is 2.50 bits per heavy atom. The smallest absolute Gasteiger partial charge is 0.175 e. The van der Waals surface area contributed by atoms with Crippen LogP contribution in [-0.4, -0.2) is 12.2 Å². The molecule has 0 amide bonds. The molecule has 0 aliphatic heterocycles. The van der Waals surface area contributed by atoms with E-state index in [9.17, 15) is 4.39 Å². The lowest BCUT2D eigenvalue weighted by Crippen LogP contribution is -2.20. The van der Waals surface area contributed by atoms with Crippen molar-refractivity contribution >= 4 is 40.3 Å². The van der Waals surface area contributed by atoms with Crippen molar-refractivity contribution in [2.45, 2.75) is 13.8 Å². The zero-order chi connectivity index (χ0) is 16.3. The highest BCUT2D eigenvalue weighted by Crippen LogP contribution is 2.31. The van der Waals surface area contributed by atoms with Crippen molar-refractivity contribution in [1.82, 2.24) is 0 Å². The molecule has 0 radical (unpaired) electrons. The summed E-state index contributed by atoms with van der Waals surface area (Å²) in [5.41, 5.74) is 2.80. The number of benzene rings is 2. The fourth-order valence-electron chi connectivity index (χ4n) is 1.94. The fourth-order valence-corrected chi connectivity index (χ4v) is 2.31. The van der Waals surface area contributed by atoms with Gasteiger partial charge in [-0.05, 0) is 55.4 Å². The molecule has 0 aliphatic rings. The number of anilines is 2. The number of aryl methyl sites for hydroxylation is 2. The van der Waals surface area contributed by atoms with Crippen molar-refractivity contribution in [3.8, 4) is 5.75 Å². The van der Waals surface area contributed by atoms with Crippen LogP contribution in [0.15, 0.2) is 30.3 Å². The molecule has 0 unspecified atom stereocenters. The fraction of sp³-hybridized carbons (Fsp3) is 0.188. The molecule has 0 aromatic heterocycles. The van der Waals surface area contributed by atoms with Gasteiger partial charge in [0, 0.05) is 11.1 Å². The summed E-state index contributed by atoms with van der Waals surface area (Å²) in [7, 11) is 1.54. The van der Waals surface area contributed by atoms with Gasteiger partial charge in [-0.2, -0.15) is 0 Å². The number of halogens is 2. The second-order valence-electron chi connectivity index (χ2n) is 4.86. The lowest BCUT2D eigenvalue weighted by atomic mass is 10.2. The van der Waals surface area contributed by atoms with Gasteiger partial charge in [0.1, 0.15) is 11.6 Å². The third kappa shape index (κ3) is 3.87. The third-order valence-electron chi connectivity index (χ3n) is 3.10. The summed E-state index contributed by atoms with van der Waals surface area (Å²) in [6.45, 7) is 3.76. The molecule has 0 fully saturated rings. The Morgan fingerprint density at radius 2 is 1.82 bits per heavy atom. The molecule has 2 aromatic carbocycles. The Balaban J connectivity index is 2.19. The molecule has 0 saturated carbocycles. The van der Waals surface area contributed by atoms with E-state index >= 15 is 0 Å². The molecule has 0 saturated heterocycles. The van der Waals surface area contributed by atoms with Gasteiger partial charge >= 0.3 is 0 Å². The van der Waals surface area contributed by atoms with Crippen LogP contribution < -0.4 is 15.4 Å². The number of ether oxygens (including phenoxy) is 1. The highest BCUT2D eigenvalue weighted by Gasteiger charge is 2.10. The number of nitrogens with one attached hydrogen (secondary N) is 2. The summed E-state index contributed by atoms with van der Waals surface area (Å²) in [5.74, 6) is 0.193. The molecule has 0 heterocycles. The largest absolute Gasteiger partial charge is 0.495 e. The van der Waals surface area contributed by atoms with Crippen LogP contribution in [-0.2, 0) is 0 Å². The summed E-state index contributed by atoms with van der Waals surface area (Å²) in [6, 6.07) is 8.31. The predicted octanol–water partition coefficient (Wildman–Crippen LogP) is 4.91. The van der Waals surface area contributed by atoms with E-state index in [1.807, 2.05) is 19.9 Å². The van der Waals surface area contributed by atoms with Crippen LogP contribution >= 0.6 is 23.8 Å². The first-order valence-electron chi connectivity index (χ1n) is 6.59. The normalized spacial score (nSPS) is 10.2. The van der Waals surface area contributed by atoms with Gasteiger partial charge in [-0.1, -0.05) is 17.7 Å². The summed E-state index contributed by atoms with van der Waals surface area (Å²) in [6.07, 6.45) is 0. The standard InChI is InChI=1S/C16H16ClFN2OS/c1-9-4-5-12(18)13(6-9)19-16(22)20-14-7-10(2)11(17)8-15(14)21-3/h4-8H,1-3H3,(H2,19,20,22). The van der Waals surface area contributed by atoms with Crippen LogP contribution in [0.5, 0.6) is 5.75 Å². The van der Waals surface area contributed by atoms with E-state index in [0.717, 1.165) is 11.1 Å². The van der Waals surface area contributed by atoms with Gasteiger partial charge in [-0.25, -0.2) is 4.39 Å². The number of rotatable bonds is 3. The minimum absolute atomic E-state index is 0.268. The van der Waals surface area contributed by atoms with Gasteiger partial charge in [0.05, 0.1) is 18.5 Å². The lowest BCUT2D eigenvalue weighted by Gasteiger charge is -2.15. The first-order valence-corrected chi connectivity index (χ1v) is 7.37. The van der Waals surface area contributed by atoms with Crippen molar-refractivity contribution in [2.75, 3.05) is 17.7 Å². The first kappa shape index (κ1) is 16.5. The van der Waals surface area contributed by atoms with Crippen LogP contribution in [0.25, 0.3) is 0 Å². The molecule has 0 spiro atoms. The van der Waals surface area contributed by atoms with Crippen molar-refractivity contribution in [2.24, 2.45) is 0 Å². The zero-order valence-corrected chi connectivity index (χ0v) is 14.0. The molecular formula is C16H16ClFN2OS. The average Bonchev–Trinajstić information content (AvgIpc) is 2.46. The highest BCUT2D eigenvalue weighted by atomic mass is 35.5. The number of hydrogen-bond acceptors (Lipinski definition) is 2. The predicted molar refractivity (Wildman–Crippen MR) is 93.7 cm³/mol. The van der Waals surface area contributed by atoms with Gasteiger partial charge in [-0.15, -0.1) is 0 Å². The monoisotopic (exact) mass is 338 g/mol. The Bertz CT molecular complexity index is 722. The summed E-state index contributed by atoms with van der Waals surface area (Å²) in [4.78, 5) is 0. The Labute approximate surface area is 139 Å². The topological polar surface area (TPSA) is 33.3 Å². The Hall–Kier alpha value is -1.85. The maximum atomic E-state index is 13.7. The molecular weight excluding hydrogens is 323 g/mol. The van der Waals surface area contributed by atoms with Gasteiger partial charge in [0.25, 0.3) is 0 Å². The van der Waals surface area contributed by atoms with Crippen molar-refractivity contribution in [3.63, 3.8) is 0 Å². The third-order valence-corrected chi connectivity index (χ3v) is 3.71. The van der Waals surface area contributed by atoms with Crippen LogP contribution in [0, 0.1) is 19.7 Å². The van der Waals surface area contributed by atoms with Crippen molar-refractivity contribution < 1.29 is 9.13 Å². The Morgan fingerprint density at radius 1 is 1.14 bits per heavy atom. The summed E-state index contributed by atoms with van der Waals surface area (Å²) >= 11 is 11.3. The molecule has 2 aromatic rings. The van der Waals surface area contributed by atoms with E-state index in [2.05, 4.69) is 10.6 Å². The van der Waals surface area contributed by atoms with Crippen LogP contribution in [0.1, 0.15) is 11.1 Å². The highest BCUT2D eigenvalue weighted by molar-refractivity contribution is 7.80. The maximum absolute atomic E-state index is 13.7. The van der Waals surface area contributed by atoms with Crippen LogP contribution in [0.3, 0.4) is 0 Å². The maximum Gasteiger partial charge on any atom is 0.175 e. The van der Waals surface area contributed by atoms with Gasteiger partial charge in [0.15, 0.2) is 5.11 Å². The molecule has 0 atom stereocenters. The quantitative estimate of drug-likeness (QED) is 0.779. The number of hydrogen-bond donors (Lipinski definition) is 2. The van der Waals surface area contributed by atoms with E-state index in [0.29, 0.717) is 22.1 Å². The molecule has 0 aliphatic carbocycles. The number of thiocarbonyl (C=S) groups is 1. The second kappa shape index (κ2) is 6.94. The van der Waals surface area contributed by atoms with Crippen LogP contribution in [0.2, 0.25) is 5.02 Å². The molecule has 2 N–H and O–H groups in total.